The Hall–Kier alpha value is -1.40. The SMILES string of the molecule is CCN(CCS(=O)(=O)c1ccc(C)cc1)C(=O)[C@H]1CCCCO1. The number of likely N-dealkylation sites (N-methyl/N-ethyl adjacent to an activating group) is 1. The van der Waals surface area contributed by atoms with Crippen LogP contribution in [-0.2, 0) is 19.4 Å². The summed E-state index contributed by atoms with van der Waals surface area (Å²) < 4.78 is 30.3. The van der Waals surface area contributed by atoms with E-state index in [4.69, 9.17) is 4.74 Å². The Bertz CT molecular complexity index is 618. The molecule has 2 rings (SSSR count). The summed E-state index contributed by atoms with van der Waals surface area (Å²) in [5, 5.41) is 0. The van der Waals surface area contributed by atoms with Crippen LogP contribution < -0.4 is 0 Å². The summed E-state index contributed by atoms with van der Waals surface area (Å²) in [6, 6.07) is 6.80. The maximum absolute atomic E-state index is 12.4. The highest BCUT2D eigenvalue weighted by Crippen LogP contribution is 2.16. The first-order valence-corrected chi connectivity index (χ1v) is 9.79. The van der Waals surface area contributed by atoms with Crippen LogP contribution in [0.25, 0.3) is 0 Å². The van der Waals surface area contributed by atoms with Crippen molar-refractivity contribution in [1.82, 2.24) is 4.90 Å². The van der Waals surface area contributed by atoms with E-state index in [1.807, 2.05) is 13.8 Å². The van der Waals surface area contributed by atoms with Gasteiger partial charge in [0, 0.05) is 19.7 Å². The highest BCUT2D eigenvalue weighted by molar-refractivity contribution is 7.91. The standard InChI is InChI=1S/C17H25NO4S/c1-3-18(17(19)16-6-4-5-12-22-16)11-13-23(20,21)15-9-7-14(2)8-10-15/h7-10,16H,3-6,11-13H2,1-2H3/t16-/m1/s1. The maximum Gasteiger partial charge on any atom is 0.251 e. The first-order chi connectivity index (χ1) is 10.9. The van der Waals surface area contributed by atoms with E-state index in [-0.39, 0.29) is 18.2 Å². The summed E-state index contributed by atoms with van der Waals surface area (Å²) >= 11 is 0. The number of ether oxygens (including phenoxy) is 1. The Morgan fingerprint density at radius 3 is 2.52 bits per heavy atom. The molecule has 0 saturated carbocycles. The van der Waals surface area contributed by atoms with Gasteiger partial charge in [0.25, 0.3) is 5.91 Å². The summed E-state index contributed by atoms with van der Waals surface area (Å²) in [7, 11) is -3.38. The molecule has 6 heteroatoms. The number of carbonyl (C=O) groups is 1. The van der Waals surface area contributed by atoms with E-state index in [1.54, 1.807) is 29.2 Å². The van der Waals surface area contributed by atoms with Gasteiger partial charge in [0.15, 0.2) is 9.84 Å². The topological polar surface area (TPSA) is 63.7 Å². The number of benzene rings is 1. The fourth-order valence-electron chi connectivity index (χ4n) is 2.66. The molecule has 5 nitrogen and oxygen atoms in total. The van der Waals surface area contributed by atoms with Gasteiger partial charge < -0.3 is 9.64 Å². The second-order valence-corrected chi connectivity index (χ2v) is 8.01. The van der Waals surface area contributed by atoms with E-state index >= 15 is 0 Å². The van der Waals surface area contributed by atoms with Crippen molar-refractivity contribution in [2.75, 3.05) is 25.4 Å². The van der Waals surface area contributed by atoms with Crippen LogP contribution in [-0.4, -0.2) is 50.8 Å². The van der Waals surface area contributed by atoms with Crippen LogP contribution in [0.3, 0.4) is 0 Å². The normalized spacial score (nSPS) is 18.6. The monoisotopic (exact) mass is 339 g/mol. The zero-order valence-electron chi connectivity index (χ0n) is 13.8. The summed E-state index contributed by atoms with van der Waals surface area (Å²) in [6.07, 6.45) is 2.28. The Kier molecular flexibility index (Phi) is 6.18. The molecule has 0 spiro atoms. The van der Waals surface area contributed by atoms with Crippen molar-refractivity contribution in [2.45, 2.75) is 44.1 Å². The number of aryl methyl sites for hydroxylation is 1. The number of sulfone groups is 1. The van der Waals surface area contributed by atoms with Crippen LogP contribution in [0.2, 0.25) is 0 Å². The number of rotatable bonds is 6. The lowest BCUT2D eigenvalue weighted by Gasteiger charge is -2.28. The second-order valence-electron chi connectivity index (χ2n) is 5.91. The molecule has 1 aromatic rings. The van der Waals surface area contributed by atoms with Crippen molar-refractivity contribution in [3.8, 4) is 0 Å². The van der Waals surface area contributed by atoms with E-state index in [0.717, 1.165) is 24.8 Å². The van der Waals surface area contributed by atoms with Gasteiger partial charge in [-0.2, -0.15) is 0 Å². The van der Waals surface area contributed by atoms with Gasteiger partial charge in [-0.3, -0.25) is 4.79 Å². The maximum atomic E-state index is 12.4. The first-order valence-electron chi connectivity index (χ1n) is 8.14. The van der Waals surface area contributed by atoms with Crippen LogP contribution in [0, 0.1) is 6.92 Å². The third-order valence-corrected chi connectivity index (χ3v) is 5.87. The van der Waals surface area contributed by atoms with Crippen molar-refractivity contribution >= 4 is 15.7 Å². The molecule has 128 valence electrons. The minimum atomic E-state index is -3.38. The van der Waals surface area contributed by atoms with Crippen LogP contribution in [0.4, 0.5) is 0 Å². The molecule has 1 aliphatic heterocycles. The molecule has 1 atom stereocenters. The average molecular weight is 339 g/mol. The van der Waals surface area contributed by atoms with Gasteiger partial charge in [0.1, 0.15) is 6.10 Å². The molecule has 23 heavy (non-hydrogen) atoms. The highest BCUT2D eigenvalue weighted by Gasteiger charge is 2.27. The van der Waals surface area contributed by atoms with Crippen molar-refractivity contribution in [3.63, 3.8) is 0 Å². The van der Waals surface area contributed by atoms with E-state index in [9.17, 15) is 13.2 Å². The van der Waals surface area contributed by atoms with Gasteiger partial charge in [-0.05, 0) is 45.2 Å². The van der Waals surface area contributed by atoms with E-state index < -0.39 is 15.9 Å². The average Bonchev–Trinajstić information content (AvgIpc) is 2.56. The van der Waals surface area contributed by atoms with Crippen molar-refractivity contribution in [1.29, 1.82) is 0 Å². The second kappa shape index (κ2) is 7.93. The summed E-state index contributed by atoms with van der Waals surface area (Å²) in [4.78, 5) is 14.3. The molecule has 1 aromatic carbocycles. The van der Waals surface area contributed by atoms with Crippen molar-refractivity contribution in [2.24, 2.45) is 0 Å². The summed E-state index contributed by atoms with van der Waals surface area (Å²) in [5.41, 5.74) is 1.02. The number of carbonyl (C=O) groups excluding carboxylic acids is 1. The number of hydrogen-bond donors (Lipinski definition) is 0. The van der Waals surface area contributed by atoms with Gasteiger partial charge in [-0.15, -0.1) is 0 Å². The van der Waals surface area contributed by atoms with E-state index in [2.05, 4.69) is 0 Å². The zero-order chi connectivity index (χ0) is 16.9. The fraction of sp³-hybridized carbons (Fsp3) is 0.588. The Morgan fingerprint density at radius 2 is 1.96 bits per heavy atom. The summed E-state index contributed by atoms with van der Waals surface area (Å²) in [5.74, 6) is -0.158. The van der Waals surface area contributed by atoms with Gasteiger partial charge in [0.2, 0.25) is 0 Å². The third-order valence-electron chi connectivity index (χ3n) is 4.16. The number of hydrogen-bond acceptors (Lipinski definition) is 4. The molecule has 1 aliphatic rings. The lowest BCUT2D eigenvalue weighted by molar-refractivity contribution is -0.146. The molecule has 1 saturated heterocycles. The lowest BCUT2D eigenvalue weighted by Crippen LogP contribution is -2.43. The Morgan fingerprint density at radius 1 is 1.26 bits per heavy atom. The van der Waals surface area contributed by atoms with Crippen LogP contribution in [0.5, 0.6) is 0 Å². The Balaban J connectivity index is 1.98. The molecule has 0 aliphatic carbocycles. The predicted octanol–water partition coefficient (Wildman–Crippen LogP) is 2.19. The third kappa shape index (κ3) is 4.78. The molecule has 0 N–H and O–H groups in total. The highest BCUT2D eigenvalue weighted by atomic mass is 32.2. The van der Waals surface area contributed by atoms with Gasteiger partial charge >= 0.3 is 0 Å². The zero-order valence-corrected chi connectivity index (χ0v) is 14.6. The minimum absolute atomic E-state index is 0.0671. The largest absolute Gasteiger partial charge is 0.368 e. The molecule has 1 heterocycles. The smallest absolute Gasteiger partial charge is 0.251 e. The molecule has 1 fully saturated rings. The quantitative estimate of drug-likeness (QED) is 0.797. The molecule has 0 bridgehead atoms. The van der Waals surface area contributed by atoms with Gasteiger partial charge in [0.05, 0.1) is 10.6 Å². The van der Waals surface area contributed by atoms with E-state index in [0.29, 0.717) is 18.0 Å². The minimum Gasteiger partial charge on any atom is -0.368 e. The van der Waals surface area contributed by atoms with Crippen molar-refractivity contribution in [3.05, 3.63) is 29.8 Å². The molecule has 0 radical (unpaired) electrons. The van der Waals surface area contributed by atoms with Crippen LogP contribution >= 0.6 is 0 Å². The molecular formula is C17H25NO4S. The van der Waals surface area contributed by atoms with Crippen molar-refractivity contribution < 1.29 is 17.9 Å². The molecule has 0 unspecified atom stereocenters. The first kappa shape index (κ1) is 17.9. The number of amides is 1. The molecular weight excluding hydrogens is 314 g/mol. The lowest BCUT2D eigenvalue weighted by atomic mass is 10.1. The van der Waals surface area contributed by atoms with Gasteiger partial charge in [-0.1, -0.05) is 17.7 Å². The van der Waals surface area contributed by atoms with Gasteiger partial charge in [-0.25, -0.2) is 8.42 Å². The van der Waals surface area contributed by atoms with Crippen LogP contribution in [0.15, 0.2) is 29.2 Å². The summed E-state index contributed by atoms with van der Waals surface area (Å²) in [6.45, 7) is 5.07. The number of nitrogens with zero attached hydrogens (tertiary/aromatic N) is 1. The van der Waals surface area contributed by atoms with E-state index in [1.165, 1.54) is 0 Å². The Labute approximate surface area is 138 Å². The molecule has 1 amide bonds. The molecule has 0 aromatic heterocycles. The van der Waals surface area contributed by atoms with Crippen LogP contribution in [0.1, 0.15) is 31.7 Å². The predicted molar refractivity (Wildman–Crippen MR) is 89.1 cm³/mol. The fourth-order valence-corrected chi connectivity index (χ4v) is 3.90.